The Bertz CT molecular complexity index is 437. The van der Waals surface area contributed by atoms with Crippen molar-refractivity contribution in [3.63, 3.8) is 0 Å². The third-order valence-electron chi connectivity index (χ3n) is 3.08. The topological polar surface area (TPSA) is 46.5 Å². The van der Waals surface area contributed by atoms with Gasteiger partial charge in [0.15, 0.2) is 0 Å². The van der Waals surface area contributed by atoms with E-state index in [1.165, 1.54) is 11.1 Å². The van der Waals surface area contributed by atoms with E-state index in [2.05, 4.69) is 18.7 Å². The Kier molecular flexibility index (Phi) is 3.59. The lowest BCUT2D eigenvalue weighted by Gasteiger charge is -2.25. The van der Waals surface area contributed by atoms with Gasteiger partial charge >= 0.3 is 5.97 Å². The summed E-state index contributed by atoms with van der Waals surface area (Å²) in [5.74, 6) is -0.992. The highest BCUT2D eigenvalue weighted by Gasteiger charge is 2.20. The van der Waals surface area contributed by atoms with Crippen LogP contribution in [-0.2, 0) is 16.0 Å². The Hall–Kier alpha value is -1.61. The van der Waals surface area contributed by atoms with Gasteiger partial charge in [-0.15, -0.1) is 0 Å². The zero-order valence-electron chi connectivity index (χ0n) is 9.69. The molecule has 1 unspecified atom stereocenters. The number of ether oxygens (including phenoxy) is 1. The van der Waals surface area contributed by atoms with Gasteiger partial charge in [-0.05, 0) is 30.4 Å². The molecule has 3 heteroatoms. The molecule has 3 nitrogen and oxygen atoms in total. The van der Waals surface area contributed by atoms with Crippen LogP contribution in [0.15, 0.2) is 36.4 Å². The predicted molar refractivity (Wildman–Crippen MR) is 64.8 cm³/mol. The van der Waals surface area contributed by atoms with Crippen molar-refractivity contribution >= 4 is 5.97 Å². The molecule has 1 aliphatic carbocycles. The number of benzene rings is 1. The van der Waals surface area contributed by atoms with Gasteiger partial charge in [0.25, 0.3) is 0 Å². The molecule has 1 aliphatic rings. The molecule has 1 aromatic rings. The van der Waals surface area contributed by atoms with Crippen molar-refractivity contribution in [3.8, 4) is 0 Å². The summed E-state index contributed by atoms with van der Waals surface area (Å²) in [6.07, 6.45) is 3.12. The molecule has 0 bridgehead atoms. The molecule has 2 rings (SSSR count). The molecule has 0 saturated carbocycles. The normalized spacial score (nSPS) is 18.5. The van der Waals surface area contributed by atoms with E-state index in [1.807, 2.05) is 12.1 Å². The third-order valence-corrected chi connectivity index (χ3v) is 3.08. The summed E-state index contributed by atoms with van der Waals surface area (Å²) >= 11 is 0. The third kappa shape index (κ3) is 2.74. The van der Waals surface area contributed by atoms with Crippen LogP contribution in [-0.4, -0.2) is 17.7 Å². The first-order valence-corrected chi connectivity index (χ1v) is 5.79. The second-order valence-corrected chi connectivity index (χ2v) is 4.30. The van der Waals surface area contributed by atoms with Crippen LogP contribution in [0.2, 0.25) is 0 Å². The van der Waals surface area contributed by atoms with Gasteiger partial charge in [0, 0.05) is 0 Å². The van der Waals surface area contributed by atoms with Gasteiger partial charge in [-0.3, -0.25) is 0 Å². The van der Waals surface area contributed by atoms with Crippen molar-refractivity contribution in [3.05, 3.63) is 47.5 Å². The molecule has 0 fully saturated rings. The lowest BCUT2D eigenvalue weighted by molar-refractivity contribution is -0.133. The van der Waals surface area contributed by atoms with Gasteiger partial charge < -0.3 is 9.84 Å². The van der Waals surface area contributed by atoms with Crippen LogP contribution < -0.4 is 0 Å². The maximum absolute atomic E-state index is 10.6. The fraction of sp³-hybridized carbons (Fsp3) is 0.357. The molecule has 0 spiro atoms. The van der Waals surface area contributed by atoms with Gasteiger partial charge in [0.05, 0.1) is 18.3 Å². The monoisotopic (exact) mass is 232 g/mol. The summed E-state index contributed by atoms with van der Waals surface area (Å²) in [4.78, 5) is 10.6. The number of carboxylic acids is 1. The van der Waals surface area contributed by atoms with Crippen molar-refractivity contribution in [2.24, 2.45) is 0 Å². The van der Waals surface area contributed by atoms with Gasteiger partial charge in [-0.1, -0.05) is 30.8 Å². The van der Waals surface area contributed by atoms with E-state index < -0.39 is 5.97 Å². The van der Waals surface area contributed by atoms with Crippen LogP contribution in [0.4, 0.5) is 0 Å². The predicted octanol–water partition coefficient (Wildman–Crippen LogP) is 2.72. The van der Waals surface area contributed by atoms with Crippen molar-refractivity contribution in [1.29, 1.82) is 0 Å². The minimum atomic E-state index is -0.992. The van der Waals surface area contributed by atoms with E-state index in [-0.39, 0.29) is 18.3 Å². The number of carboxylic acid groups (broad SMARTS) is 1. The van der Waals surface area contributed by atoms with Crippen molar-refractivity contribution in [2.75, 3.05) is 6.61 Å². The first-order chi connectivity index (χ1) is 8.18. The zero-order chi connectivity index (χ0) is 12.3. The Morgan fingerprint density at radius 3 is 3.00 bits per heavy atom. The summed E-state index contributed by atoms with van der Waals surface area (Å²) in [6.45, 7) is 3.56. The van der Waals surface area contributed by atoms with E-state index in [0.29, 0.717) is 0 Å². The standard InChI is InChI=1S/C14H16O3/c1-10(14(15)16)9-17-13-8-4-6-11-5-2-3-7-12(11)13/h2-3,5,7,13H,1,4,6,8-9H2,(H,15,16). The van der Waals surface area contributed by atoms with E-state index in [4.69, 9.17) is 9.84 Å². The Balaban J connectivity index is 2.04. The maximum atomic E-state index is 10.6. The molecule has 1 aromatic carbocycles. The van der Waals surface area contributed by atoms with Gasteiger partial charge in [0.1, 0.15) is 0 Å². The minimum Gasteiger partial charge on any atom is -0.478 e. The largest absolute Gasteiger partial charge is 0.478 e. The summed E-state index contributed by atoms with van der Waals surface area (Å²) in [6, 6.07) is 8.18. The highest BCUT2D eigenvalue weighted by molar-refractivity contribution is 5.85. The highest BCUT2D eigenvalue weighted by atomic mass is 16.5. The van der Waals surface area contributed by atoms with Crippen molar-refractivity contribution in [2.45, 2.75) is 25.4 Å². The van der Waals surface area contributed by atoms with Gasteiger partial charge in [0.2, 0.25) is 0 Å². The molecular formula is C14H16O3. The van der Waals surface area contributed by atoms with Crippen molar-refractivity contribution in [1.82, 2.24) is 0 Å². The second kappa shape index (κ2) is 5.15. The van der Waals surface area contributed by atoms with Crippen LogP contribution >= 0.6 is 0 Å². The van der Waals surface area contributed by atoms with Crippen molar-refractivity contribution < 1.29 is 14.6 Å². The fourth-order valence-electron chi connectivity index (χ4n) is 2.15. The Morgan fingerprint density at radius 2 is 2.24 bits per heavy atom. The molecule has 1 atom stereocenters. The summed E-state index contributed by atoms with van der Waals surface area (Å²) in [5.41, 5.74) is 2.61. The summed E-state index contributed by atoms with van der Waals surface area (Å²) in [7, 11) is 0. The van der Waals surface area contributed by atoms with Gasteiger partial charge in [-0.25, -0.2) is 4.79 Å². The van der Waals surface area contributed by atoms with Crippen LogP contribution in [0.3, 0.4) is 0 Å². The Labute approximate surface area is 101 Å². The molecule has 0 saturated heterocycles. The number of aryl methyl sites for hydroxylation is 1. The molecule has 0 aliphatic heterocycles. The molecular weight excluding hydrogens is 216 g/mol. The van der Waals surface area contributed by atoms with E-state index in [9.17, 15) is 4.79 Å². The highest BCUT2D eigenvalue weighted by Crippen LogP contribution is 2.32. The zero-order valence-corrected chi connectivity index (χ0v) is 9.69. The van der Waals surface area contributed by atoms with E-state index in [1.54, 1.807) is 0 Å². The summed E-state index contributed by atoms with van der Waals surface area (Å²) in [5, 5.41) is 8.73. The lowest BCUT2D eigenvalue weighted by Crippen LogP contribution is -2.15. The molecule has 0 heterocycles. The number of carbonyl (C=O) groups is 1. The molecule has 0 amide bonds. The number of aliphatic carboxylic acids is 1. The minimum absolute atomic E-state index is 0.0102. The number of rotatable bonds is 4. The first kappa shape index (κ1) is 11.9. The van der Waals surface area contributed by atoms with Gasteiger partial charge in [-0.2, -0.15) is 0 Å². The molecule has 90 valence electrons. The quantitative estimate of drug-likeness (QED) is 0.812. The molecule has 17 heavy (non-hydrogen) atoms. The average Bonchev–Trinajstić information content (AvgIpc) is 2.35. The van der Waals surface area contributed by atoms with Crippen LogP contribution in [0.1, 0.15) is 30.1 Å². The molecule has 1 N–H and O–H groups in total. The SMILES string of the molecule is C=C(COC1CCCc2ccccc21)C(=O)O. The van der Waals surface area contributed by atoms with Crippen LogP contribution in [0, 0.1) is 0 Å². The number of hydrogen-bond acceptors (Lipinski definition) is 2. The first-order valence-electron chi connectivity index (χ1n) is 5.79. The van der Waals surface area contributed by atoms with E-state index in [0.717, 1.165) is 19.3 Å². The maximum Gasteiger partial charge on any atom is 0.333 e. The number of hydrogen-bond donors (Lipinski definition) is 1. The fourth-order valence-corrected chi connectivity index (χ4v) is 2.15. The Morgan fingerprint density at radius 1 is 1.47 bits per heavy atom. The van der Waals surface area contributed by atoms with E-state index >= 15 is 0 Å². The molecule has 0 aromatic heterocycles. The summed E-state index contributed by atoms with van der Waals surface area (Å²) < 4.78 is 5.65. The average molecular weight is 232 g/mol. The van der Waals surface area contributed by atoms with Crippen LogP contribution in [0.25, 0.3) is 0 Å². The smallest absolute Gasteiger partial charge is 0.333 e. The number of fused-ring (bicyclic) bond motifs is 1. The van der Waals surface area contributed by atoms with Crippen LogP contribution in [0.5, 0.6) is 0 Å². The lowest BCUT2D eigenvalue weighted by atomic mass is 9.89. The second-order valence-electron chi connectivity index (χ2n) is 4.30. The molecule has 0 radical (unpaired) electrons.